The summed E-state index contributed by atoms with van der Waals surface area (Å²) in [5.74, 6) is 0. The molecule has 0 aromatic rings. The Balaban J connectivity index is 4.09. The first-order valence-corrected chi connectivity index (χ1v) is 8.28. The zero-order chi connectivity index (χ0) is 13.5. The van der Waals surface area contributed by atoms with Crippen molar-refractivity contribution in [1.82, 2.24) is 5.32 Å². The van der Waals surface area contributed by atoms with Crippen LogP contribution in [0.15, 0.2) is 0 Å². The minimum Gasteiger partial charge on any atom is -0.370 e. The van der Waals surface area contributed by atoms with E-state index < -0.39 is 27.5 Å². The Labute approximate surface area is 102 Å². The van der Waals surface area contributed by atoms with E-state index in [2.05, 4.69) is 12.2 Å². The van der Waals surface area contributed by atoms with Gasteiger partial charge in [0, 0.05) is 6.42 Å². The molecule has 0 heterocycles. The highest BCUT2D eigenvalue weighted by Crippen LogP contribution is 2.64. The highest BCUT2D eigenvalue weighted by atomic mass is 31.2. The van der Waals surface area contributed by atoms with E-state index in [1.54, 1.807) is 0 Å². The van der Waals surface area contributed by atoms with Crippen molar-refractivity contribution in [2.24, 2.45) is 0 Å². The molecule has 0 aliphatic rings. The second kappa shape index (κ2) is 7.77. The van der Waals surface area contributed by atoms with E-state index in [9.17, 15) is 9.67 Å². The van der Waals surface area contributed by atoms with Crippen molar-refractivity contribution in [2.75, 3.05) is 13.1 Å². The van der Waals surface area contributed by atoms with Gasteiger partial charge in [-0.25, -0.2) is 0 Å². The lowest BCUT2D eigenvalue weighted by Crippen LogP contribution is -2.31. The molecule has 0 amide bonds. The molecule has 0 aromatic carbocycles. The van der Waals surface area contributed by atoms with Gasteiger partial charge in [0.15, 0.2) is 0 Å². The molecule has 6 N–H and O–H groups in total. The van der Waals surface area contributed by atoms with E-state index in [4.69, 9.17) is 19.6 Å². The number of aliphatic hydroxyl groups is 1. The molecule has 0 spiro atoms. The van der Waals surface area contributed by atoms with Gasteiger partial charge in [-0.1, -0.05) is 19.8 Å². The van der Waals surface area contributed by atoms with E-state index in [-0.39, 0.29) is 6.54 Å². The predicted molar refractivity (Wildman–Crippen MR) is 65.4 cm³/mol. The van der Waals surface area contributed by atoms with Crippen LogP contribution in [0, 0.1) is 0 Å². The molecule has 17 heavy (non-hydrogen) atoms. The fourth-order valence-corrected chi connectivity index (χ4v) is 2.89. The molecule has 1 atom stereocenters. The summed E-state index contributed by atoms with van der Waals surface area (Å²) in [5.41, 5.74) is 0. The second-order valence-corrected chi connectivity index (χ2v) is 7.31. The fourth-order valence-electron chi connectivity index (χ4n) is 1.24. The molecular weight excluding hydrogens is 268 g/mol. The summed E-state index contributed by atoms with van der Waals surface area (Å²) >= 11 is 0. The molecule has 0 aliphatic heterocycles. The molecule has 9 heteroatoms. The standard InChI is InChI=1S/C8H21NO6P2/c1-2-3-4-6-9-7-5-8(10,16(11)12)17(13,14)15/h9-12H,2-7H2,1H3,(H2,13,14,15). The van der Waals surface area contributed by atoms with E-state index in [0.29, 0.717) is 6.54 Å². The first-order chi connectivity index (χ1) is 7.75. The molecule has 0 rings (SSSR count). The number of unbranched alkanes of at least 4 members (excludes halogenated alkanes) is 2. The molecule has 0 saturated carbocycles. The molecule has 7 nitrogen and oxygen atoms in total. The van der Waals surface area contributed by atoms with Gasteiger partial charge in [-0.05, 0) is 19.5 Å². The lowest BCUT2D eigenvalue weighted by atomic mass is 10.2. The maximum absolute atomic E-state index is 11.0. The monoisotopic (exact) mass is 289 g/mol. The molecule has 104 valence electrons. The Morgan fingerprint density at radius 3 is 2.24 bits per heavy atom. The molecule has 0 saturated heterocycles. The smallest absolute Gasteiger partial charge is 0.366 e. The zero-order valence-electron chi connectivity index (χ0n) is 9.78. The van der Waals surface area contributed by atoms with Crippen LogP contribution in [-0.4, -0.2) is 42.9 Å². The minimum absolute atomic E-state index is 0.116. The third kappa shape index (κ3) is 5.73. The lowest BCUT2D eigenvalue weighted by molar-refractivity contribution is 0.138. The Kier molecular flexibility index (Phi) is 7.96. The summed E-state index contributed by atoms with van der Waals surface area (Å²) in [4.78, 5) is 35.6. The van der Waals surface area contributed by atoms with Crippen LogP contribution in [0.25, 0.3) is 0 Å². The van der Waals surface area contributed by atoms with Gasteiger partial charge >= 0.3 is 7.60 Å². The van der Waals surface area contributed by atoms with Gasteiger partial charge in [-0.3, -0.25) is 4.57 Å². The van der Waals surface area contributed by atoms with E-state index in [1.165, 1.54) is 0 Å². The summed E-state index contributed by atoms with van der Waals surface area (Å²) in [6.45, 7) is 2.84. The van der Waals surface area contributed by atoms with Crippen LogP contribution in [0.4, 0.5) is 0 Å². The first-order valence-electron chi connectivity index (χ1n) is 5.42. The predicted octanol–water partition coefficient (Wildman–Crippen LogP) is 0.277. The fraction of sp³-hybridized carbons (Fsp3) is 1.00. The average molecular weight is 289 g/mol. The second-order valence-electron chi connectivity index (χ2n) is 3.81. The van der Waals surface area contributed by atoms with Crippen molar-refractivity contribution in [3.63, 3.8) is 0 Å². The zero-order valence-corrected chi connectivity index (χ0v) is 11.6. The SMILES string of the molecule is CCCCCNCCC(O)(P(O)O)P(=O)(O)O. The summed E-state index contributed by atoms with van der Waals surface area (Å²) < 4.78 is 11.0. The van der Waals surface area contributed by atoms with Gasteiger partial charge in [-0.15, -0.1) is 0 Å². The van der Waals surface area contributed by atoms with Gasteiger partial charge in [0.2, 0.25) is 13.5 Å². The number of hydrogen-bond donors (Lipinski definition) is 6. The van der Waals surface area contributed by atoms with Gasteiger partial charge < -0.3 is 30.0 Å². The van der Waals surface area contributed by atoms with Gasteiger partial charge in [0.25, 0.3) is 0 Å². The van der Waals surface area contributed by atoms with Crippen LogP contribution in [0.1, 0.15) is 32.6 Å². The van der Waals surface area contributed by atoms with Crippen molar-refractivity contribution in [3.8, 4) is 0 Å². The van der Waals surface area contributed by atoms with Crippen molar-refractivity contribution in [1.29, 1.82) is 0 Å². The maximum Gasteiger partial charge on any atom is 0.366 e. The van der Waals surface area contributed by atoms with E-state index in [1.807, 2.05) is 0 Å². The van der Waals surface area contributed by atoms with Gasteiger partial charge in [-0.2, -0.15) is 0 Å². The van der Waals surface area contributed by atoms with Crippen molar-refractivity contribution >= 4 is 16.0 Å². The third-order valence-electron chi connectivity index (χ3n) is 2.38. The average Bonchev–Trinajstić information content (AvgIpc) is 2.20. The van der Waals surface area contributed by atoms with Crippen LogP contribution < -0.4 is 5.32 Å². The largest absolute Gasteiger partial charge is 0.370 e. The van der Waals surface area contributed by atoms with Crippen LogP contribution >= 0.6 is 16.0 Å². The molecule has 0 radical (unpaired) electrons. The molecular formula is C8H21NO6P2. The minimum atomic E-state index is -4.96. The number of nitrogens with one attached hydrogen (secondary N) is 1. The summed E-state index contributed by atoms with van der Waals surface area (Å²) in [7, 11) is -8.07. The lowest BCUT2D eigenvalue weighted by Gasteiger charge is -2.29. The third-order valence-corrected chi connectivity index (χ3v) is 5.72. The Morgan fingerprint density at radius 1 is 1.24 bits per heavy atom. The topological polar surface area (TPSA) is 130 Å². The molecule has 0 fully saturated rings. The van der Waals surface area contributed by atoms with Gasteiger partial charge in [0.1, 0.15) is 0 Å². The Hall–Kier alpha value is 0.420. The molecule has 0 bridgehead atoms. The quantitative estimate of drug-likeness (QED) is 0.265. The number of rotatable bonds is 9. The summed E-state index contributed by atoms with van der Waals surface area (Å²) in [6, 6.07) is 0. The Morgan fingerprint density at radius 2 is 1.82 bits per heavy atom. The summed E-state index contributed by atoms with van der Waals surface area (Å²) in [5, 5.41) is 9.71. The summed E-state index contributed by atoms with van der Waals surface area (Å²) in [6.07, 6.45) is 2.63. The van der Waals surface area contributed by atoms with Crippen LogP contribution in [0.5, 0.6) is 0 Å². The van der Waals surface area contributed by atoms with Crippen LogP contribution in [0.3, 0.4) is 0 Å². The molecule has 1 unspecified atom stereocenters. The molecule has 0 aromatic heterocycles. The number of hydrogen-bond acceptors (Lipinski definition) is 5. The van der Waals surface area contributed by atoms with Crippen LogP contribution in [0.2, 0.25) is 0 Å². The van der Waals surface area contributed by atoms with E-state index in [0.717, 1.165) is 19.3 Å². The first kappa shape index (κ1) is 17.4. The van der Waals surface area contributed by atoms with Crippen molar-refractivity contribution in [2.45, 2.75) is 37.7 Å². The highest BCUT2D eigenvalue weighted by molar-refractivity contribution is 7.69. The van der Waals surface area contributed by atoms with Crippen molar-refractivity contribution in [3.05, 3.63) is 0 Å². The highest BCUT2D eigenvalue weighted by Gasteiger charge is 2.51. The van der Waals surface area contributed by atoms with Gasteiger partial charge in [0.05, 0.1) is 0 Å². The Bertz CT molecular complexity index is 258. The molecule has 0 aliphatic carbocycles. The van der Waals surface area contributed by atoms with Crippen LogP contribution in [-0.2, 0) is 4.57 Å². The normalized spacial score (nSPS) is 16.2. The maximum atomic E-state index is 11.0. The van der Waals surface area contributed by atoms with Crippen molar-refractivity contribution < 1.29 is 29.2 Å². The van der Waals surface area contributed by atoms with E-state index >= 15 is 0 Å².